The first kappa shape index (κ1) is 16.2. The van der Waals surface area contributed by atoms with Gasteiger partial charge in [0.15, 0.2) is 8.32 Å². The fourth-order valence-corrected chi connectivity index (χ4v) is 2.92. The topological polar surface area (TPSA) is 18.5 Å². The molecule has 1 aromatic rings. The largest absolute Gasteiger partial charge is 0.544 e. The van der Waals surface area contributed by atoms with Crippen LogP contribution in [-0.4, -0.2) is 23.2 Å². The van der Waals surface area contributed by atoms with Gasteiger partial charge in [0.2, 0.25) is 8.32 Å². The normalized spacial score (nSPS) is 12.9. The van der Waals surface area contributed by atoms with E-state index >= 15 is 0 Å². The monoisotopic (exact) mass is 294 g/mol. The molecule has 0 amide bonds. The fourth-order valence-electron chi connectivity index (χ4n) is 1.48. The molecule has 0 aliphatic carbocycles. The molecule has 0 radical (unpaired) electrons. The van der Waals surface area contributed by atoms with E-state index in [-0.39, 0.29) is 0 Å². The van der Waals surface area contributed by atoms with Crippen molar-refractivity contribution in [2.75, 3.05) is 6.61 Å². The molecule has 19 heavy (non-hydrogen) atoms. The van der Waals surface area contributed by atoms with Gasteiger partial charge in [-0.2, -0.15) is 0 Å². The number of benzene rings is 1. The van der Waals surface area contributed by atoms with Gasteiger partial charge in [-0.15, -0.1) is 0 Å². The van der Waals surface area contributed by atoms with Crippen LogP contribution >= 0.6 is 0 Å². The molecule has 0 bridgehead atoms. The Morgan fingerprint density at radius 3 is 1.95 bits per heavy atom. The highest BCUT2D eigenvalue weighted by molar-refractivity contribution is 6.70. The molecule has 0 atom stereocenters. The van der Waals surface area contributed by atoms with Gasteiger partial charge in [0.25, 0.3) is 0 Å². The van der Waals surface area contributed by atoms with Crippen molar-refractivity contribution in [3.63, 3.8) is 0 Å². The molecule has 0 spiro atoms. The van der Waals surface area contributed by atoms with E-state index < -0.39 is 16.6 Å². The molecule has 0 saturated carbocycles. The third-order valence-electron chi connectivity index (χ3n) is 2.23. The maximum absolute atomic E-state index is 5.92. The van der Waals surface area contributed by atoms with E-state index in [0.29, 0.717) is 6.61 Å². The van der Waals surface area contributed by atoms with Gasteiger partial charge < -0.3 is 8.85 Å². The van der Waals surface area contributed by atoms with Crippen molar-refractivity contribution < 1.29 is 8.85 Å². The lowest BCUT2D eigenvalue weighted by molar-refractivity contribution is 0.358. The second kappa shape index (κ2) is 6.54. The summed E-state index contributed by atoms with van der Waals surface area (Å²) in [6.07, 6.45) is 4.17. The minimum Gasteiger partial charge on any atom is -0.544 e. The third kappa shape index (κ3) is 8.03. The second-order valence-electron chi connectivity index (χ2n) is 6.61. The molecule has 2 nitrogen and oxygen atoms in total. The summed E-state index contributed by atoms with van der Waals surface area (Å²) in [5.41, 5.74) is 1.18. The van der Waals surface area contributed by atoms with Crippen LogP contribution in [0.4, 0.5) is 0 Å². The zero-order valence-electron chi connectivity index (χ0n) is 13.0. The van der Waals surface area contributed by atoms with Gasteiger partial charge in [-0.1, -0.05) is 24.3 Å². The Bertz CT molecular complexity index is 411. The highest BCUT2D eigenvalue weighted by Crippen LogP contribution is 2.17. The molecule has 0 saturated heterocycles. The molecule has 1 rings (SSSR count). The summed E-state index contributed by atoms with van der Waals surface area (Å²) in [4.78, 5) is 0. The molecule has 0 N–H and O–H groups in total. The van der Waals surface area contributed by atoms with Gasteiger partial charge >= 0.3 is 0 Å². The van der Waals surface area contributed by atoms with Crippen LogP contribution in [0.3, 0.4) is 0 Å². The van der Waals surface area contributed by atoms with Crippen molar-refractivity contribution in [1.82, 2.24) is 0 Å². The molecule has 106 valence electrons. The Balaban J connectivity index is 2.51. The first-order valence-electron chi connectivity index (χ1n) is 6.75. The van der Waals surface area contributed by atoms with Gasteiger partial charge in [-0.3, -0.25) is 0 Å². The average molecular weight is 295 g/mol. The van der Waals surface area contributed by atoms with Crippen molar-refractivity contribution in [3.8, 4) is 5.75 Å². The second-order valence-corrected chi connectivity index (χ2v) is 15.6. The SMILES string of the molecule is C[Si](C)(C)OC/C=C/c1ccc(O[Si](C)(C)C)cc1. The van der Waals surface area contributed by atoms with Crippen LogP contribution in [0.25, 0.3) is 6.08 Å². The Morgan fingerprint density at radius 1 is 0.895 bits per heavy atom. The summed E-state index contributed by atoms with van der Waals surface area (Å²) in [6, 6.07) is 8.25. The summed E-state index contributed by atoms with van der Waals surface area (Å²) < 4.78 is 11.7. The van der Waals surface area contributed by atoms with Crippen LogP contribution in [0.15, 0.2) is 30.3 Å². The predicted octanol–water partition coefficient (Wildman–Crippen LogP) is 4.77. The highest BCUT2D eigenvalue weighted by atomic mass is 28.4. The third-order valence-corrected chi connectivity index (χ3v) is 4.11. The van der Waals surface area contributed by atoms with Crippen molar-refractivity contribution in [2.45, 2.75) is 39.3 Å². The maximum Gasteiger partial charge on any atom is 0.242 e. The standard InChI is InChI=1S/C15H26O2Si2/c1-18(2,3)16-13-7-8-14-9-11-15(12-10-14)17-19(4,5)6/h7-12H,13H2,1-6H3/b8-7+. The van der Waals surface area contributed by atoms with Crippen molar-refractivity contribution >= 4 is 22.7 Å². The Hall–Kier alpha value is -0.846. The summed E-state index contributed by atoms with van der Waals surface area (Å²) >= 11 is 0. The number of rotatable bonds is 6. The number of hydrogen-bond acceptors (Lipinski definition) is 2. The lowest BCUT2D eigenvalue weighted by Gasteiger charge is -2.19. The molecule has 4 heteroatoms. The summed E-state index contributed by atoms with van der Waals surface area (Å²) in [5, 5.41) is 0. The quantitative estimate of drug-likeness (QED) is 0.704. The van der Waals surface area contributed by atoms with E-state index in [4.69, 9.17) is 8.85 Å². The zero-order valence-corrected chi connectivity index (χ0v) is 15.0. The molecule has 0 aliphatic rings. The van der Waals surface area contributed by atoms with Crippen molar-refractivity contribution in [1.29, 1.82) is 0 Å². The Morgan fingerprint density at radius 2 is 1.47 bits per heavy atom. The lowest BCUT2D eigenvalue weighted by Crippen LogP contribution is -2.29. The molecule has 0 unspecified atom stereocenters. The van der Waals surface area contributed by atoms with Crippen LogP contribution in [-0.2, 0) is 4.43 Å². The molecule has 0 heterocycles. The van der Waals surface area contributed by atoms with Gasteiger partial charge in [0, 0.05) is 0 Å². The van der Waals surface area contributed by atoms with E-state index in [2.05, 4.69) is 63.6 Å². The van der Waals surface area contributed by atoms with E-state index in [1.807, 2.05) is 12.1 Å². The molecule has 0 aliphatic heterocycles. The molecular weight excluding hydrogens is 268 g/mol. The van der Waals surface area contributed by atoms with Crippen LogP contribution in [0, 0.1) is 0 Å². The Labute approximate surface area is 119 Å². The van der Waals surface area contributed by atoms with Crippen LogP contribution in [0.2, 0.25) is 39.3 Å². The molecular formula is C15H26O2Si2. The van der Waals surface area contributed by atoms with E-state index in [9.17, 15) is 0 Å². The summed E-state index contributed by atoms with van der Waals surface area (Å²) in [6.45, 7) is 13.9. The van der Waals surface area contributed by atoms with Crippen molar-refractivity contribution in [2.24, 2.45) is 0 Å². The van der Waals surface area contributed by atoms with Gasteiger partial charge in [-0.05, 0) is 57.0 Å². The van der Waals surface area contributed by atoms with E-state index in [1.54, 1.807) is 0 Å². The van der Waals surface area contributed by atoms with Crippen LogP contribution < -0.4 is 4.43 Å². The van der Waals surface area contributed by atoms with Crippen molar-refractivity contribution in [3.05, 3.63) is 35.9 Å². The fraction of sp³-hybridized carbons (Fsp3) is 0.467. The minimum atomic E-state index is -1.50. The minimum absolute atomic E-state index is 0.697. The smallest absolute Gasteiger partial charge is 0.242 e. The summed E-state index contributed by atoms with van der Waals surface area (Å²) in [5.74, 6) is 0.967. The van der Waals surface area contributed by atoms with Crippen LogP contribution in [0.1, 0.15) is 5.56 Å². The first-order valence-corrected chi connectivity index (χ1v) is 13.6. The van der Waals surface area contributed by atoms with Gasteiger partial charge in [-0.25, -0.2) is 0 Å². The van der Waals surface area contributed by atoms with Gasteiger partial charge in [0.1, 0.15) is 5.75 Å². The lowest BCUT2D eigenvalue weighted by atomic mass is 10.2. The van der Waals surface area contributed by atoms with Gasteiger partial charge in [0.05, 0.1) is 6.61 Å². The van der Waals surface area contributed by atoms with Crippen LogP contribution in [0.5, 0.6) is 5.75 Å². The maximum atomic E-state index is 5.92. The van der Waals surface area contributed by atoms with E-state index in [0.717, 1.165) is 5.75 Å². The highest BCUT2D eigenvalue weighted by Gasteiger charge is 2.15. The number of hydrogen-bond donors (Lipinski definition) is 0. The predicted molar refractivity (Wildman–Crippen MR) is 88.7 cm³/mol. The molecule has 1 aromatic carbocycles. The zero-order chi connectivity index (χ0) is 14.5. The first-order chi connectivity index (χ1) is 8.66. The van der Waals surface area contributed by atoms with E-state index in [1.165, 1.54) is 5.56 Å². The average Bonchev–Trinajstić information content (AvgIpc) is 2.23. The molecule has 0 fully saturated rings. The summed E-state index contributed by atoms with van der Waals surface area (Å²) in [7, 11) is -2.90. The Kier molecular flexibility index (Phi) is 5.58. The molecule has 0 aromatic heterocycles.